The van der Waals surface area contributed by atoms with Gasteiger partial charge in [0, 0.05) is 28.8 Å². The maximum atomic E-state index is 10.7. The lowest BCUT2D eigenvalue weighted by Crippen LogP contribution is -2.22. The third kappa shape index (κ3) is 2.20. The third-order valence-corrected chi connectivity index (χ3v) is 4.13. The van der Waals surface area contributed by atoms with Gasteiger partial charge < -0.3 is 19.3 Å². The minimum atomic E-state index is -0.0362. The van der Waals surface area contributed by atoms with Gasteiger partial charge in [-0.3, -0.25) is 0 Å². The second kappa shape index (κ2) is 5.11. The van der Waals surface area contributed by atoms with Gasteiger partial charge in [-0.25, -0.2) is 0 Å². The molecule has 0 spiro atoms. The van der Waals surface area contributed by atoms with E-state index in [2.05, 4.69) is 6.07 Å². The van der Waals surface area contributed by atoms with Crippen molar-refractivity contribution in [3.05, 3.63) is 29.3 Å². The normalized spacial score (nSPS) is 21.1. The van der Waals surface area contributed by atoms with Crippen LogP contribution in [0.5, 0.6) is 17.2 Å². The van der Waals surface area contributed by atoms with Gasteiger partial charge >= 0.3 is 0 Å². The van der Waals surface area contributed by atoms with Crippen molar-refractivity contribution in [2.75, 3.05) is 14.2 Å². The molecule has 21 heavy (non-hydrogen) atoms. The molecule has 0 fully saturated rings. The van der Waals surface area contributed by atoms with Crippen LogP contribution in [-0.2, 0) is 11.2 Å². The number of benzene rings is 2. The van der Waals surface area contributed by atoms with Gasteiger partial charge in [0.2, 0.25) is 0 Å². The number of phenolic OH excluding ortho intramolecular Hbond substituents is 1. The molecule has 0 amide bonds. The smallest absolute Gasteiger partial charge is 0.130 e. The highest BCUT2D eigenvalue weighted by Gasteiger charge is 2.26. The lowest BCUT2D eigenvalue weighted by atomic mass is 9.90. The second-order valence-corrected chi connectivity index (χ2v) is 5.51. The first-order valence-electron chi connectivity index (χ1n) is 7.11. The van der Waals surface area contributed by atoms with Crippen molar-refractivity contribution in [1.29, 1.82) is 0 Å². The van der Waals surface area contributed by atoms with E-state index >= 15 is 0 Å². The number of phenols is 1. The first-order valence-corrected chi connectivity index (χ1v) is 7.11. The number of hydrogen-bond acceptors (Lipinski definition) is 4. The van der Waals surface area contributed by atoms with Crippen LogP contribution in [0.25, 0.3) is 10.8 Å². The molecule has 0 bridgehead atoms. The van der Waals surface area contributed by atoms with Crippen LogP contribution in [0.1, 0.15) is 31.1 Å². The molecular formula is C17H20O4. The summed E-state index contributed by atoms with van der Waals surface area (Å²) < 4.78 is 16.6. The molecule has 1 aliphatic heterocycles. The Kier molecular flexibility index (Phi) is 3.41. The van der Waals surface area contributed by atoms with E-state index in [-0.39, 0.29) is 12.2 Å². The molecule has 4 nitrogen and oxygen atoms in total. The second-order valence-electron chi connectivity index (χ2n) is 5.51. The molecule has 2 aromatic rings. The molecule has 0 saturated heterocycles. The average molecular weight is 288 g/mol. The Morgan fingerprint density at radius 1 is 1.10 bits per heavy atom. The summed E-state index contributed by atoms with van der Waals surface area (Å²) >= 11 is 0. The highest BCUT2D eigenvalue weighted by atomic mass is 16.5. The van der Waals surface area contributed by atoms with Gasteiger partial charge in [-0.05, 0) is 31.5 Å². The van der Waals surface area contributed by atoms with Crippen LogP contribution >= 0.6 is 0 Å². The van der Waals surface area contributed by atoms with Crippen molar-refractivity contribution in [1.82, 2.24) is 0 Å². The Hall–Kier alpha value is -1.94. The monoisotopic (exact) mass is 288 g/mol. The Labute approximate surface area is 124 Å². The fourth-order valence-corrected chi connectivity index (χ4v) is 3.11. The predicted octanol–water partition coefficient (Wildman–Crippen LogP) is 3.58. The number of fused-ring (bicyclic) bond motifs is 2. The summed E-state index contributed by atoms with van der Waals surface area (Å²) in [4.78, 5) is 0. The lowest BCUT2D eigenvalue weighted by Gasteiger charge is -2.29. The van der Waals surface area contributed by atoms with Crippen LogP contribution in [0.15, 0.2) is 18.2 Å². The van der Waals surface area contributed by atoms with Crippen molar-refractivity contribution in [2.45, 2.75) is 32.5 Å². The van der Waals surface area contributed by atoms with Crippen molar-refractivity contribution in [3.8, 4) is 17.2 Å². The zero-order valence-electron chi connectivity index (χ0n) is 12.8. The Balaban J connectivity index is 2.33. The SMILES string of the molecule is COc1cc(OC)c2cc3c(c(O)c2c1)C[C@@H](C)O[C@H]3C. The van der Waals surface area contributed by atoms with Gasteiger partial charge in [0.25, 0.3) is 0 Å². The van der Waals surface area contributed by atoms with E-state index in [1.807, 2.05) is 26.0 Å². The van der Waals surface area contributed by atoms with Gasteiger partial charge in [0.05, 0.1) is 26.4 Å². The first kappa shape index (κ1) is 14.0. The first-order chi connectivity index (χ1) is 10.0. The number of rotatable bonds is 2. The zero-order valence-corrected chi connectivity index (χ0v) is 12.8. The van der Waals surface area contributed by atoms with E-state index in [0.29, 0.717) is 23.7 Å². The van der Waals surface area contributed by atoms with E-state index in [0.717, 1.165) is 21.9 Å². The maximum absolute atomic E-state index is 10.7. The van der Waals surface area contributed by atoms with E-state index < -0.39 is 0 Å². The topological polar surface area (TPSA) is 47.9 Å². The van der Waals surface area contributed by atoms with Crippen molar-refractivity contribution >= 4 is 10.8 Å². The molecule has 0 unspecified atom stereocenters. The highest BCUT2D eigenvalue weighted by molar-refractivity contribution is 5.96. The van der Waals surface area contributed by atoms with Gasteiger partial charge in [-0.1, -0.05) is 0 Å². The van der Waals surface area contributed by atoms with Gasteiger partial charge in [-0.2, -0.15) is 0 Å². The fourth-order valence-electron chi connectivity index (χ4n) is 3.11. The fraction of sp³-hybridized carbons (Fsp3) is 0.412. The molecular weight excluding hydrogens is 268 g/mol. The van der Waals surface area contributed by atoms with Gasteiger partial charge in [0.15, 0.2) is 0 Å². The average Bonchev–Trinajstić information content (AvgIpc) is 2.47. The minimum Gasteiger partial charge on any atom is -0.507 e. The molecule has 1 N–H and O–H groups in total. The van der Waals surface area contributed by atoms with Crippen LogP contribution in [0.4, 0.5) is 0 Å². The van der Waals surface area contributed by atoms with Crippen LogP contribution in [0.3, 0.4) is 0 Å². The largest absolute Gasteiger partial charge is 0.507 e. The van der Waals surface area contributed by atoms with E-state index in [1.165, 1.54) is 0 Å². The van der Waals surface area contributed by atoms with E-state index in [9.17, 15) is 5.11 Å². The molecule has 112 valence electrons. The minimum absolute atomic E-state index is 0.0362. The van der Waals surface area contributed by atoms with Crippen LogP contribution in [0, 0.1) is 0 Å². The van der Waals surface area contributed by atoms with E-state index in [1.54, 1.807) is 14.2 Å². The summed E-state index contributed by atoms with van der Waals surface area (Å²) in [6, 6.07) is 5.72. The molecule has 0 radical (unpaired) electrons. The molecule has 2 aromatic carbocycles. The summed E-state index contributed by atoms with van der Waals surface area (Å²) in [5, 5.41) is 12.3. The highest BCUT2D eigenvalue weighted by Crippen LogP contribution is 2.44. The van der Waals surface area contributed by atoms with Crippen molar-refractivity contribution in [2.24, 2.45) is 0 Å². The standard InChI is InChI=1S/C17H20O4/c1-9-5-14-12(10(2)21-9)8-13-15(17(14)18)6-11(19-3)7-16(13)20-4/h6-10,18H,5H2,1-4H3/t9-,10+/m1/s1. The van der Waals surface area contributed by atoms with Crippen molar-refractivity contribution < 1.29 is 19.3 Å². The third-order valence-electron chi connectivity index (χ3n) is 4.13. The Bertz CT molecular complexity index is 693. The van der Waals surface area contributed by atoms with Crippen molar-refractivity contribution in [3.63, 3.8) is 0 Å². The molecule has 0 aromatic heterocycles. The summed E-state index contributed by atoms with van der Waals surface area (Å²) in [5.74, 6) is 1.66. The maximum Gasteiger partial charge on any atom is 0.130 e. The predicted molar refractivity (Wildman–Crippen MR) is 81.4 cm³/mol. The number of ether oxygens (including phenoxy) is 3. The number of methoxy groups -OCH3 is 2. The number of hydrogen-bond donors (Lipinski definition) is 1. The Morgan fingerprint density at radius 2 is 1.86 bits per heavy atom. The summed E-state index contributed by atoms with van der Waals surface area (Å²) in [5.41, 5.74) is 1.99. The number of aromatic hydroxyl groups is 1. The summed E-state index contributed by atoms with van der Waals surface area (Å²) in [6.07, 6.45) is 0.773. The molecule has 0 aliphatic carbocycles. The molecule has 1 aliphatic rings. The zero-order chi connectivity index (χ0) is 15.1. The quantitative estimate of drug-likeness (QED) is 0.917. The van der Waals surface area contributed by atoms with E-state index in [4.69, 9.17) is 14.2 Å². The molecule has 3 rings (SSSR count). The lowest BCUT2D eigenvalue weighted by molar-refractivity contribution is -0.00518. The summed E-state index contributed by atoms with van der Waals surface area (Å²) in [6.45, 7) is 4.03. The van der Waals surface area contributed by atoms with Crippen LogP contribution in [0.2, 0.25) is 0 Å². The molecule has 0 saturated carbocycles. The Morgan fingerprint density at radius 3 is 2.52 bits per heavy atom. The molecule has 2 atom stereocenters. The molecule has 1 heterocycles. The van der Waals surface area contributed by atoms with Gasteiger partial charge in [-0.15, -0.1) is 0 Å². The molecule has 4 heteroatoms. The van der Waals surface area contributed by atoms with Crippen LogP contribution in [-0.4, -0.2) is 25.4 Å². The van der Waals surface area contributed by atoms with Gasteiger partial charge in [0.1, 0.15) is 17.2 Å². The van der Waals surface area contributed by atoms with Crippen LogP contribution < -0.4 is 9.47 Å². The summed E-state index contributed by atoms with van der Waals surface area (Å²) in [7, 11) is 3.22.